The van der Waals surface area contributed by atoms with Crippen LogP contribution in [0.25, 0.3) is 0 Å². The van der Waals surface area contributed by atoms with Gasteiger partial charge in [-0.05, 0) is 26.7 Å². The normalized spacial score (nSPS) is 17.1. The second kappa shape index (κ2) is 5.41. The average molecular weight is 227 g/mol. The van der Waals surface area contributed by atoms with Crippen LogP contribution in [0.5, 0.6) is 0 Å². The van der Waals surface area contributed by atoms with Crippen LogP contribution in [0.2, 0.25) is 0 Å². The Morgan fingerprint density at radius 1 is 1.56 bits per heavy atom. The highest BCUT2D eigenvalue weighted by atomic mass is 16.5. The van der Waals surface area contributed by atoms with Crippen molar-refractivity contribution in [1.82, 2.24) is 10.1 Å². The Morgan fingerprint density at radius 3 is 2.75 bits per heavy atom. The molecule has 1 heterocycles. The molecule has 0 saturated heterocycles. The van der Waals surface area contributed by atoms with Gasteiger partial charge < -0.3 is 15.0 Å². The second-order valence-electron chi connectivity index (χ2n) is 4.32. The summed E-state index contributed by atoms with van der Waals surface area (Å²) in [5.41, 5.74) is 5.21. The number of nitrogens with two attached hydrogens (primary N) is 1. The van der Waals surface area contributed by atoms with Gasteiger partial charge in [-0.3, -0.25) is 0 Å². The molecule has 2 atom stereocenters. The fourth-order valence-electron chi connectivity index (χ4n) is 1.32. The van der Waals surface area contributed by atoms with E-state index in [0.717, 1.165) is 12.8 Å². The van der Waals surface area contributed by atoms with Gasteiger partial charge in [0.15, 0.2) is 0 Å². The average Bonchev–Trinajstić information content (AvgIpc) is 2.74. The maximum atomic E-state index is 5.67. The lowest BCUT2D eigenvalue weighted by Crippen LogP contribution is -2.24. The molecule has 92 valence electrons. The van der Waals surface area contributed by atoms with Gasteiger partial charge in [-0.25, -0.2) is 0 Å². The van der Waals surface area contributed by atoms with Gasteiger partial charge in [-0.1, -0.05) is 12.1 Å². The van der Waals surface area contributed by atoms with Crippen LogP contribution in [-0.4, -0.2) is 23.3 Å². The van der Waals surface area contributed by atoms with Crippen molar-refractivity contribution in [2.45, 2.75) is 51.7 Å². The topological polar surface area (TPSA) is 74.2 Å². The third-order valence-corrected chi connectivity index (χ3v) is 2.88. The standard InChI is InChI=1S/C11H21N3O2/c1-5-11(3,15-4)10-13-9(16-14-10)7-6-8(2)12/h8H,5-7,12H2,1-4H3. The minimum Gasteiger partial charge on any atom is -0.370 e. The van der Waals surface area contributed by atoms with Crippen molar-refractivity contribution < 1.29 is 9.26 Å². The highest BCUT2D eigenvalue weighted by Crippen LogP contribution is 2.25. The number of rotatable bonds is 6. The van der Waals surface area contributed by atoms with E-state index in [1.165, 1.54) is 0 Å². The van der Waals surface area contributed by atoms with E-state index in [1.54, 1.807) is 7.11 Å². The van der Waals surface area contributed by atoms with Gasteiger partial charge in [0.05, 0.1) is 0 Å². The van der Waals surface area contributed by atoms with Crippen LogP contribution < -0.4 is 5.73 Å². The summed E-state index contributed by atoms with van der Waals surface area (Å²) in [7, 11) is 1.65. The zero-order valence-corrected chi connectivity index (χ0v) is 10.5. The van der Waals surface area contributed by atoms with Crippen molar-refractivity contribution in [3.63, 3.8) is 0 Å². The second-order valence-corrected chi connectivity index (χ2v) is 4.32. The van der Waals surface area contributed by atoms with Crippen molar-refractivity contribution >= 4 is 0 Å². The number of hydrogen-bond acceptors (Lipinski definition) is 5. The molecule has 0 aliphatic carbocycles. The van der Waals surface area contributed by atoms with Crippen molar-refractivity contribution in [1.29, 1.82) is 0 Å². The lowest BCUT2D eigenvalue weighted by atomic mass is 10.0. The summed E-state index contributed by atoms with van der Waals surface area (Å²) < 4.78 is 10.6. The van der Waals surface area contributed by atoms with Gasteiger partial charge in [0, 0.05) is 19.6 Å². The largest absolute Gasteiger partial charge is 0.370 e. The van der Waals surface area contributed by atoms with E-state index in [9.17, 15) is 0 Å². The van der Waals surface area contributed by atoms with Crippen molar-refractivity contribution in [3.05, 3.63) is 11.7 Å². The van der Waals surface area contributed by atoms with Crippen LogP contribution in [0, 0.1) is 0 Å². The lowest BCUT2D eigenvalue weighted by Gasteiger charge is -2.21. The Balaban J connectivity index is 2.70. The Bertz CT molecular complexity index is 319. The molecular formula is C11H21N3O2. The third-order valence-electron chi connectivity index (χ3n) is 2.88. The molecular weight excluding hydrogens is 206 g/mol. The minimum absolute atomic E-state index is 0.148. The molecule has 0 bridgehead atoms. The number of aryl methyl sites for hydroxylation is 1. The number of methoxy groups -OCH3 is 1. The predicted molar refractivity (Wildman–Crippen MR) is 60.9 cm³/mol. The van der Waals surface area contributed by atoms with Gasteiger partial charge in [0.2, 0.25) is 11.7 Å². The van der Waals surface area contributed by atoms with Gasteiger partial charge in [-0.15, -0.1) is 0 Å². The first-order valence-corrected chi connectivity index (χ1v) is 5.65. The quantitative estimate of drug-likeness (QED) is 0.799. The molecule has 2 unspecified atom stereocenters. The van der Waals surface area contributed by atoms with Gasteiger partial charge >= 0.3 is 0 Å². The first-order chi connectivity index (χ1) is 7.51. The fourth-order valence-corrected chi connectivity index (χ4v) is 1.32. The summed E-state index contributed by atoms with van der Waals surface area (Å²) >= 11 is 0. The number of ether oxygens (including phenoxy) is 1. The van der Waals surface area contributed by atoms with E-state index >= 15 is 0 Å². The molecule has 0 saturated carbocycles. The van der Waals surface area contributed by atoms with E-state index in [4.69, 9.17) is 15.0 Å². The first kappa shape index (κ1) is 13.1. The molecule has 1 aromatic heterocycles. The highest BCUT2D eigenvalue weighted by molar-refractivity contribution is 4.99. The van der Waals surface area contributed by atoms with E-state index in [-0.39, 0.29) is 6.04 Å². The number of hydrogen-bond donors (Lipinski definition) is 1. The van der Waals surface area contributed by atoms with Gasteiger partial charge in [-0.2, -0.15) is 4.98 Å². The Morgan fingerprint density at radius 2 is 2.25 bits per heavy atom. The first-order valence-electron chi connectivity index (χ1n) is 5.65. The smallest absolute Gasteiger partial charge is 0.226 e. The summed E-state index contributed by atoms with van der Waals surface area (Å²) in [4.78, 5) is 4.34. The van der Waals surface area contributed by atoms with Crippen LogP contribution in [-0.2, 0) is 16.8 Å². The van der Waals surface area contributed by atoms with Crippen LogP contribution in [0.1, 0.15) is 45.3 Å². The summed E-state index contributed by atoms with van der Waals surface area (Å²) in [5, 5.41) is 3.96. The Kier molecular flexibility index (Phi) is 4.44. The maximum Gasteiger partial charge on any atom is 0.226 e. The lowest BCUT2D eigenvalue weighted by molar-refractivity contribution is -0.0106. The molecule has 2 N–H and O–H groups in total. The molecule has 0 spiro atoms. The van der Waals surface area contributed by atoms with E-state index in [1.807, 2.05) is 20.8 Å². The molecule has 0 radical (unpaired) electrons. The molecule has 0 aliphatic rings. The molecule has 5 nitrogen and oxygen atoms in total. The summed E-state index contributed by atoms with van der Waals surface area (Å²) in [6, 6.07) is 0.148. The van der Waals surface area contributed by atoms with Gasteiger partial charge in [0.1, 0.15) is 5.60 Å². The zero-order chi connectivity index (χ0) is 12.2. The molecule has 1 aromatic rings. The molecule has 0 fully saturated rings. The van der Waals surface area contributed by atoms with Crippen molar-refractivity contribution in [3.8, 4) is 0 Å². The fraction of sp³-hybridized carbons (Fsp3) is 0.818. The predicted octanol–water partition coefficient (Wildman–Crippen LogP) is 1.62. The van der Waals surface area contributed by atoms with E-state index in [0.29, 0.717) is 18.1 Å². The zero-order valence-electron chi connectivity index (χ0n) is 10.5. The summed E-state index contributed by atoms with van der Waals surface area (Å²) in [6.07, 6.45) is 2.36. The van der Waals surface area contributed by atoms with Crippen molar-refractivity contribution in [2.75, 3.05) is 7.11 Å². The third kappa shape index (κ3) is 3.02. The van der Waals surface area contributed by atoms with Crippen molar-refractivity contribution in [2.24, 2.45) is 5.73 Å². The Hall–Kier alpha value is -0.940. The molecule has 0 aliphatic heterocycles. The Labute approximate surface area is 96.4 Å². The van der Waals surface area contributed by atoms with Crippen LogP contribution in [0.4, 0.5) is 0 Å². The van der Waals surface area contributed by atoms with Crippen LogP contribution in [0.3, 0.4) is 0 Å². The SMILES string of the molecule is CCC(C)(OC)c1noc(CCC(C)N)n1. The molecule has 1 rings (SSSR count). The maximum absolute atomic E-state index is 5.67. The van der Waals surface area contributed by atoms with E-state index in [2.05, 4.69) is 10.1 Å². The molecule has 5 heteroatoms. The van der Waals surface area contributed by atoms with Crippen LogP contribution in [0.15, 0.2) is 4.52 Å². The molecule has 0 amide bonds. The molecule has 16 heavy (non-hydrogen) atoms. The number of aromatic nitrogens is 2. The van der Waals surface area contributed by atoms with Crippen LogP contribution >= 0.6 is 0 Å². The summed E-state index contributed by atoms with van der Waals surface area (Å²) in [6.45, 7) is 5.94. The molecule has 0 aromatic carbocycles. The van der Waals surface area contributed by atoms with Gasteiger partial charge in [0.25, 0.3) is 0 Å². The number of nitrogens with zero attached hydrogens (tertiary/aromatic N) is 2. The van der Waals surface area contributed by atoms with E-state index < -0.39 is 5.60 Å². The highest BCUT2D eigenvalue weighted by Gasteiger charge is 2.29. The monoisotopic (exact) mass is 227 g/mol. The minimum atomic E-state index is -0.462. The summed E-state index contributed by atoms with van der Waals surface area (Å²) in [5.74, 6) is 1.24.